The molecule has 9 heavy (non-hydrogen) atoms. The van der Waals surface area contributed by atoms with Crippen molar-refractivity contribution in [1.82, 2.24) is 4.90 Å². The minimum Gasteiger partial charge on any atom is -0.377 e. The van der Waals surface area contributed by atoms with Gasteiger partial charge in [-0.15, -0.1) is 0 Å². The zero-order valence-corrected chi connectivity index (χ0v) is 7.90. The van der Waals surface area contributed by atoms with Crippen molar-refractivity contribution in [1.29, 1.82) is 0 Å². The zero-order chi connectivity index (χ0) is 7.28. The van der Waals surface area contributed by atoms with Crippen LogP contribution >= 0.6 is 15.9 Å². The van der Waals surface area contributed by atoms with E-state index in [0.29, 0.717) is 0 Å². The smallest absolute Gasteiger partial charge is 0.0144 e. The van der Waals surface area contributed by atoms with Crippen molar-refractivity contribution in [3.05, 3.63) is 10.7 Å². The monoisotopic (exact) mass is 191 g/mol. The molecule has 0 N–H and O–H groups in total. The van der Waals surface area contributed by atoms with Gasteiger partial charge in [-0.2, -0.15) is 0 Å². The predicted molar refractivity (Wildman–Crippen MR) is 45.6 cm³/mol. The molecule has 0 fully saturated rings. The summed E-state index contributed by atoms with van der Waals surface area (Å²) < 4.78 is 1.19. The van der Waals surface area contributed by atoms with Crippen LogP contribution in [0.5, 0.6) is 0 Å². The second-order valence-corrected chi connectivity index (χ2v) is 3.19. The van der Waals surface area contributed by atoms with Gasteiger partial charge in [0.2, 0.25) is 0 Å². The molecule has 0 heterocycles. The molecule has 0 saturated heterocycles. The Hall–Kier alpha value is 0.0200. The molecule has 0 atom stereocenters. The molecule has 0 aromatic carbocycles. The lowest BCUT2D eigenvalue weighted by Crippen LogP contribution is -2.15. The van der Waals surface area contributed by atoms with Crippen molar-refractivity contribution in [3.8, 4) is 0 Å². The first-order valence-corrected chi connectivity index (χ1v) is 4.08. The SMILES string of the molecule is CCN(/C=C(\C)Br)CC. The van der Waals surface area contributed by atoms with Crippen LogP contribution in [0.4, 0.5) is 0 Å². The lowest BCUT2D eigenvalue weighted by Gasteiger charge is -2.14. The maximum absolute atomic E-state index is 3.38. The Kier molecular flexibility index (Phi) is 4.87. The van der Waals surface area contributed by atoms with E-state index in [1.807, 2.05) is 6.92 Å². The first kappa shape index (κ1) is 9.02. The highest BCUT2D eigenvalue weighted by Crippen LogP contribution is 2.03. The molecule has 0 aliphatic heterocycles. The highest BCUT2D eigenvalue weighted by Gasteiger charge is 1.89. The zero-order valence-electron chi connectivity index (χ0n) is 6.32. The molecule has 0 radical (unpaired) electrons. The first-order chi connectivity index (χ1) is 4.20. The molecular weight excluding hydrogens is 178 g/mol. The molecule has 2 heteroatoms. The summed E-state index contributed by atoms with van der Waals surface area (Å²) in [6.07, 6.45) is 2.11. The van der Waals surface area contributed by atoms with Gasteiger partial charge in [0.15, 0.2) is 0 Å². The number of hydrogen-bond acceptors (Lipinski definition) is 1. The molecule has 0 rings (SSSR count). The van der Waals surface area contributed by atoms with E-state index in [1.54, 1.807) is 0 Å². The molecule has 0 aromatic heterocycles. The fraction of sp³-hybridized carbons (Fsp3) is 0.714. The molecule has 54 valence electrons. The number of nitrogens with zero attached hydrogens (tertiary/aromatic N) is 1. The van der Waals surface area contributed by atoms with Crippen LogP contribution in [0, 0.1) is 0 Å². The van der Waals surface area contributed by atoms with Gasteiger partial charge in [-0.1, -0.05) is 15.9 Å². The number of halogens is 1. The molecule has 1 nitrogen and oxygen atoms in total. The van der Waals surface area contributed by atoms with E-state index in [0.717, 1.165) is 13.1 Å². The van der Waals surface area contributed by atoms with E-state index in [4.69, 9.17) is 0 Å². The second kappa shape index (κ2) is 4.86. The van der Waals surface area contributed by atoms with E-state index in [-0.39, 0.29) is 0 Å². The first-order valence-electron chi connectivity index (χ1n) is 3.28. The summed E-state index contributed by atoms with van der Waals surface area (Å²) in [4.78, 5) is 2.24. The minimum atomic E-state index is 1.08. The fourth-order valence-electron chi connectivity index (χ4n) is 0.658. The van der Waals surface area contributed by atoms with Gasteiger partial charge in [-0.05, 0) is 20.8 Å². The van der Waals surface area contributed by atoms with E-state index in [1.165, 1.54) is 4.48 Å². The number of rotatable bonds is 3. The Morgan fingerprint density at radius 3 is 2.00 bits per heavy atom. The third-order valence-electron chi connectivity index (χ3n) is 1.17. The van der Waals surface area contributed by atoms with Crippen LogP contribution in [-0.2, 0) is 0 Å². The van der Waals surface area contributed by atoms with Gasteiger partial charge in [0.1, 0.15) is 0 Å². The van der Waals surface area contributed by atoms with E-state index in [2.05, 4.69) is 40.9 Å². The lowest BCUT2D eigenvalue weighted by molar-refractivity contribution is 0.418. The van der Waals surface area contributed by atoms with Crippen molar-refractivity contribution < 1.29 is 0 Å². The van der Waals surface area contributed by atoms with Gasteiger partial charge in [-0.3, -0.25) is 0 Å². The average molecular weight is 192 g/mol. The van der Waals surface area contributed by atoms with Gasteiger partial charge in [-0.25, -0.2) is 0 Å². The summed E-state index contributed by atoms with van der Waals surface area (Å²) in [7, 11) is 0. The highest BCUT2D eigenvalue weighted by atomic mass is 79.9. The van der Waals surface area contributed by atoms with Crippen LogP contribution < -0.4 is 0 Å². The largest absolute Gasteiger partial charge is 0.377 e. The summed E-state index contributed by atoms with van der Waals surface area (Å²) in [6, 6.07) is 0. The summed E-state index contributed by atoms with van der Waals surface area (Å²) in [5, 5.41) is 0. The molecular formula is C7H14BrN. The molecule has 0 aliphatic rings. The third-order valence-corrected chi connectivity index (χ3v) is 1.38. The summed E-state index contributed by atoms with van der Waals surface area (Å²) in [5.74, 6) is 0. The van der Waals surface area contributed by atoms with Crippen LogP contribution in [0.3, 0.4) is 0 Å². The molecule has 0 amide bonds. The van der Waals surface area contributed by atoms with Crippen LogP contribution in [0.2, 0.25) is 0 Å². The van der Waals surface area contributed by atoms with Gasteiger partial charge >= 0.3 is 0 Å². The normalized spacial score (nSPS) is 11.8. The number of hydrogen-bond donors (Lipinski definition) is 0. The van der Waals surface area contributed by atoms with Crippen LogP contribution in [0.25, 0.3) is 0 Å². The van der Waals surface area contributed by atoms with E-state index < -0.39 is 0 Å². The molecule has 0 saturated carbocycles. The average Bonchev–Trinajstić information content (AvgIpc) is 1.82. The molecule has 0 bridgehead atoms. The minimum absolute atomic E-state index is 1.08. The van der Waals surface area contributed by atoms with Gasteiger partial charge in [0.25, 0.3) is 0 Å². The summed E-state index contributed by atoms with van der Waals surface area (Å²) in [5.41, 5.74) is 0. The van der Waals surface area contributed by atoms with Gasteiger partial charge in [0.05, 0.1) is 0 Å². The van der Waals surface area contributed by atoms with Gasteiger partial charge < -0.3 is 4.90 Å². The number of allylic oxidation sites excluding steroid dienone is 1. The van der Waals surface area contributed by atoms with E-state index in [9.17, 15) is 0 Å². The molecule has 0 aliphatic carbocycles. The molecule has 0 aromatic rings. The third kappa shape index (κ3) is 4.52. The lowest BCUT2D eigenvalue weighted by atomic mass is 10.5. The van der Waals surface area contributed by atoms with Crippen molar-refractivity contribution in [3.63, 3.8) is 0 Å². The predicted octanol–water partition coefficient (Wildman–Crippen LogP) is 2.58. The molecule has 0 unspecified atom stereocenters. The quantitative estimate of drug-likeness (QED) is 0.664. The van der Waals surface area contributed by atoms with Crippen LogP contribution in [0.1, 0.15) is 20.8 Å². The van der Waals surface area contributed by atoms with Gasteiger partial charge in [0, 0.05) is 23.8 Å². The Balaban J connectivity index is 3.68. The Morgan fingerprint density at radius 1 is 1.44 bits per heavy atom. The second-order valence-electron chi connectivity index (χ2n) is 1.94. The summed E-state index contributed by atoms with van der Waals surface area (Å²) in [6.45, 7) is 8.50. The topological polar surface area (TPSA) is 3.24 Å². The Bertz CT molecular complexity index is 91.1. The highest BCUT2D eigenvalue weighted by molar-refractivity contribution is 9.11. The Morgan fingerprint density at radius 2 is 1.89 bits per heavy atom. The van der Waals surface area contributed by atoms with Crippen molar-refractivity contribution in [2.45, 2.75) is 20.8 Å². The van der Waals surface area contributed by atoms with Crippen molar-refractivity contribution in [2.75, 3.05) is 13.1 Å². The summed E-state index contributed by atoms with van der Waals surface area (Å²) >= 11 is 3.38. The maximum atomic E-state index is 3.38. The fourth-order valence-corrected chi connectivity index (χ4v) is 0.947. The van der Waals surface area contributed by atoms with Crippen LogP contribution in [-0.4, -0.2) is 18.0 Å². The Labute approximate surface area is 65.9 Å². The van der Waals surface area contributed by atoms with Crippen LogP contribution in [0.15, 0.2) is 10.7 Å². The van der Waals surface area contributed by atoms with E-state index >= 15 is 0 Å². The maximum Gasteiger partial charge on any atom is 0.0144 e. The van der Waals surface area contributed by atoms with Crippen molar-refractivity contribution in [2.24, 2.45) is 0 Å². The standard InChI is InChI=1S/C7H14BrN/c1-4-9(5-2)6-7(3)8/h6H,4-5H2,1-3H3/b7-6+. The molecule has 0 spiro atoms. The van der Waals surface area contributed by atoms with Crippen molar-refractivity contribution >= 4 is 15.9 Å².